The van der Waals surface area contributed by atoms with Gasteiger partial charge in [-0.1, -0.05) is 99.2 Å². The molecule has 0 bridgehead atoms. The van der Waals surface area contributed by atoms with Crippen LogP contribution in [0.5, 0.6) is 0 Å². The Morgan fingerprint density at radius 1 is 0.762 bits per heavy atom. The maximum Gasteiger partial charge on any atom is 0.0577 e. The third-order valence-corrected chi connectivity index (χ3v) is 10.6. The van der Waals surface area contributed by atoms with E-state index < -0.39 is 8.07 Å². The minimum atomic E-state index is -1.24. The van der Waals surface area contributed by atoms with E-state index in [0.717, 1.165) is 23.7 Å². The highest BCUT2D eigenvalue weighted by Crippen LogP contribution is 2.38. The van der Waals surface area contributed by atoms with Gasteiger partial charge in [0.05, 0.1) is 8.07 Å². The van der Waals surface area contributed by atoms with Crippen LogP contribution in [0, 0.1) is 29.7 Å². The second kappa shape index (κ2) is 10.9. The molecule has 0 saturated heterocycles. The van der Waals surface area contributed by atoms with E-state index in [9.17, 15) is 0 Å². The number of rotatable bonds is 12. The van der Waals surface area contributed by atoms with E-state index in [2.05, 4.69) is 61.4 Å². The topological polar surface area (TPSA) is 0 Å². The third-order valence-electron chi connectivity index (χ3n) is 4.49. The summed E-state index contributed by atoms with van der Waals surface area (Å²) in [5, 5.41) is 0. The molecule has 21 heavy (non-hydrogen) atoms. The van der Waals surface area contributed by atoms with Gasteiger partial charge in [0, 0.05) is 0 Å². The molecule has 0 spiro atoms. The van der Waals surface area contributed by atoms with Gasteiger partial charge in [-0.15, -0.1) is 0 Å². The smallest absolute Gasteiger partial charge is 0.0577 e. The third kappa shape index (κ3) is 9.76. The van der Waals surface area contributed by atoms with Crippen molar-refractivity contribution >= 4 is 8.07 Å². The fourth-order valence-electron chi connectivity index (χ4n) is 4.26. The normalized spacial score (nSPS) is 14.4. The molecule has 127 valence electrons. The number of unbranched alkanes of at least 4 members (excludes halogenated alkanes) is 1. The first-order valence-corrected chi connectivity index (χ1v) is 12.3. The van der Waals surface area contributed by atoms with Gasteiger partial charge in [-0.25, -0.2) is 0 Å². The zero-order chi connectivity index (χ0) is 16.5. The van der Waals surface area contributed by atoms with Crippen LogP contribution in [0.3, 0.4) is 0 Å². The summed E-state index contributed by atoms with van der Waals surface area (Å²) >= 11 is 0. The van der Waals surface area contributed by atoms with Crippen molar-refractivity contribution in [3.63, 3.8) is 0 Å². The van der Waals surface area contributed by atoms with E-state index in [1.54, 1.807) is 0 Å². The van der Waals surface area contributed by atoms with E-state index in [4.69, 9.17) is 0 Å². The van der Waals surface area contributed by atoms with Crippen molar-refractivity contribution in [2.45, 2.75) is 99.2 Å². The molecular formula is C20H43Si. The summed E-state index contributed by atoms with van der Waals surface area (Å²) in [6.45, 7) is 19.3. The first kappa shape index (κ1) is 21.2. The molecule has 0 aliphatic carbocycles. The summed E-state index contributed by atoms with van der Waals surface area (Å²) < 4.78 is 0. The Hall–Kier alpha value is 0.217. The zero-order valence-electron chi connectivity index (χ0n) is 16.3. The molecule has 0 aliphatic heterocycles. The lowest BCUT2D eigenvalue weighted by molar-refractivity contribution is 0.516. The van der Waals surface area contributed by atoms with Gasteiger partial charge in [0.15, 0.2) is 0 Å². The molecule has 1 heteroatoms. The van der Waals surface area contributed by atoms with Gasteiger partial charge < -0.3 is 0 Å². The highest BCUT2D eigenvalue weighted by atomic mass is 28.3. The Kier molecular flexibility index (Phi) is 11.0. The van der Waals surface area contributed by atoms with Gasteiger partial charge in [0.1, 0.15) is 0 Å². The Morgan fingerprint density at radius 2 is 1.19 bits per heavy atom. The summed E-state index contributed by atoms with van der Waals surface area (Å²) in [7, 11) is -1.24. The van der Waals surface area contributed by atoms with Crippen LogP contribution in [-0.2, 0) is 0 Å². The van der Waals surface area contributed by atoms with Crippen LogP contribution in [-0.4, -0.2) is 8.07 Å². The predicted molar refractivity (Wildman–Crippen MR) is 102 cm³/mol. The SMILES string of the molecule is CCCCC([CH][Si](CC(C)C)(CC(C)C)CC(C)C)CC. The van der Waals surface area contributed by atoms with Crippen LogP contribution >= 0.6 is 0 Å². The van der Waals surface area contributed by atoms with Crippen molar-refractivity contribution in [3.05, 3.63) is 6.04 Å². The van der Waals surface area contributed by atoms with E-state index in [1.165, 1.54) is 43.8 Å². The first-order valence-electron chi connectivity index (χ1n) is 9.60. The van der Waals surface area contributed by atoms with Crippen LogP contribution in [0.4, 0.5) is 0 Å². The standard InChI is InChI=1S/C20H43Si/c1-9-11-12-20(10-2)16-21(13-17(3)4,14-18(5)6)15-19(7)8/h16-20H,9-15H2,1-8H3. The molecule has 1 unspecified atom stereocenters. The van der Waals surface area contributed by atoms with Gasteiger partial charge >= 0.3 is 0 Å². The second-order valence-corrected chi connectivity index (χ2v) is 12.9. The molecule has 0 heterocycles. The monoisotopic (exact) mass is 311 g/mol. The van der Waals surface area contributed by atoms with Crippen molar-refractivity contribution in [1.29, 1.82) is 0 Å². The minimum Gasteiger partial charge on any atom is -0.0654 e. The van der Waals surface area contributed by atoms with Crippen LogP contribution in [0.2, 0.25) is 18.1 Å². The number of hydrogen-bond donors (Lipinski definition) is 0. The fraction of sp³-hybridized carbons (Fsp3) is 0.950. The van der Waals surface area contributed by atoms with Crippen molar-refractivity contribution in [1.82, 2.24) is 0 Å². The second-order valence-electron chi connectivity index (χ2n) is 8.63. The summed E-state index contributed by atoms with van der Waals surface area (Å²) in [6, 6.07) is 7.46. The van der Waals surface area contributed by atoms with Crippen molar-refractivity contribution in [3.8, 4) is 0 Å². The molecule has 0 rings (SSSR count). The van der Waals surface area contributed by atoms with Gasteiger partial charge in [-0.3, -0.25) is 0 Å². The lowest BCUT2D eigenvalue weighted by atomic mass is 10.0. The summed E-state index contributed by atoms with van der Waals surface area (Å²) in [5.74, 6) is 3.45. The van der Waals surface area contributed by atoms with Gasteiger partial charge in [-0.2, -0.15) is 0 Å². The largest absolute Gasteiger partial charge is 0.0654 e. The molecular weight excluding hydrogens is 268 g/mol. The molecule has 0 saturated carbocycles. The Morgan fingerprint density at radius 3 is 1.48 bits per heavy atom. The predicted octanol–water partition coefficient (Wildman–Crippen LogP) is 7.36. The number of hydrogen-bond acceptors (Lipinski definition) is 0. The maximum atomic E-state index is 2.95. The minimum absolute atomic E-state index is 0.856. The van der Waals surface area contributed by atoms with Crippen LogP contribution in [0.1, 0.15) is 81.1 Å². The van der Waals surface area contributed by atoms with Crippen LogP contribution in [0.15, 0.2) is 0 Å². The molecule has 0 nitrogen and oxygen atoms in total. The molecule has 0 fully saturated rings. The molecule has 0 aromatic heterocycles. The highest BCUT2D eigenvalue weighted by molar-refractivity contribution is 6.83. The molecule has 1 radical (unpaired) electrons. The Labute approximate surface area is 137 Å². The van der Waals surface area contributed by atoms with E-state index >= 15 is 0 Å². The quantitative estimate of drug-likeness (QED) is 0.330. The highest BCUT2D eigenvalue weighted by Gasteiger charge is 2.36. The molecule has 0 N–H and O–H groups in total. The lowest BCUT2D eigenvalue weighted by Gasteiger charge is -2.39. The van der Waals surface area contributed by atoms with E-state index in [0.29, 0.717) is 0 Å². The molecule has 0 amide bonds. The summed E-state index contributed by atoms with van der Waals surface area (Å²) in [6.07, 6.45) is 5.53. The van der Waals surface area contributed by atoms with E-state index in [-0.39, 0.29) is 0 Å². The summed E-state index contributed by atoms with van der Waals surface area (Å²) in [5.41, 5.74) is 0. The maximum absolute atomic E-state index is 2.95. The van der Waals surface area contributed by atoms with Gasteiger partial charge in [-0.05, 0) is 29.7 Å². The molecule has 0 aromatic rings. The van der Waals surface area contributed by atoms with Crippen molar-refractivity contribution in [2.75, 3.05) is 0 Å². The Balaban J connectivity index is 5.09. The van der Waals surface area contributed by atoms with Crippen LogP contribution in [0.25, 0.3) is 0 Å². The van der Waals surface area contributed by atoms with Crippen molar-refractivity contribution in [2.24, 2.45) is 23.7 Å². The average Bonchev–Trinajstić information content (AvgIpc) is 2.31. The van der Waals surface area contributed by atoms with Gasteiger partial charge in [0.2, 0.25) is 0 Å². The Bertz CT molecular complexity index is 216. The zero-order valence-corrected chi connectivity index (χ0v) is 17.3. The molecule has 0 aliphatic rings. The molecule has 0 aromatic carbocycles. The summed E-state index contributed by atoms with van der Waals surface area (Å²) in [4.78, 5) is 0. The van der Waals surface area contributed by atoms with Gasteiger partial charge in [0.25, 0.3) is 0 Å². The first-order chi connectivity index (χ1) is 9.74. The van der Waals surface area contributed by atoms with Crippen LogP contribution < -0.4 is 0 Å². The van der Waals surface area contributed by atoms with E-state index in [1.807, 2.05) is 0 Å². The van der Waals surface area contributed by atoms with Crippen molar-refractivity contribution < 1.29 is 0 Å². The fourth-order valence-corrected chi connectivity index (χ4v) is 11.5. The average molecular weight is 312 g/mol. The molecule has 1 atom stereocenters. The lowest BCUT2D eigenvalue weighted by Crippen LogP contribution is -2.41.